The Hall–Kier alpha value is -4.12. The van der Waals surface area contributed by atoms with Gasteiger partial charge in [-0.2, -0.15) is 5.26 Å². The molecule has 2 N–H and O–H groups in total. The van der Waals surface area contributed by atoms with E-state index in [2.05, 4.69) is 31.5 Å². The molecule has 5 rings (SSSR count). The second-order valence-corrected chi connectivity index (χ2v) is 8.07. The van der Waals surface area contributed by atoms with Crippen LogP contribution >= 0.6 is 0 Å². The molecule has 160 valence electrons. The topological polar surface area (TPSA) is 103 Å². The van der Waals surface area contributed by atoms with Crippen LogP contribution in [-0.4, -0.2) is 44.0 Å². The number of anilines is 2. The molecule has 0 bridgehead atoms. The number of hydrogen-bond acceptors (Lipinski definition) is 7. The first-order valence-electron chi connectivity index (χ1n) is 10.6. The molecular formula is C24H23N7O. The van der Waals surface area contributed by atoms with E-state index in [1.807, 2.05) is 42.2 Å². The van der Waals surface area contributed by atoms with E-state index in [0.717, 1.165) is 48.3 Å². The highest BCUT2D eigenvalue weighted by Crippen LogP contribution is 2.35. The van der Waals surface area contributed by atoms with Gasteiger partial charge in [0, 0.05) is 49.5 Å². The van der Waals surface area contributed by atoms with Gasteiger partial charge in [0.25, 0.3) is 0 Å². The minimum Gasteiger partial charge on any atom is -0.507 e. The molecule has 0 aliphatic carbocycles. The fourth-order valence-corrected chi connectivity index (χ4v) is 4.38. The molecule has 1 atom stereocenters. The number of pyridine rings is 1. The number of phenols is 1. The Morgan fingerprint density at radius 3 is 2.91 bits per heavy atom. The molecule has 0 saturated carbocycles. The van der Waals surface area contributed by atoms with Crippen molar-refractivity contribution in [2.45, 2.75) is 18.9 Å². The first kappa shape index (κ1) is 19.8. The van der Waals surface area contributed by atoms with Crippen LogP contribution in [0, 0.1) is 11.3 Å². The number of hydrogen-bond donors (Lipinski definition) is 2. The standard InChI is InChI=1S/C24H23N7O/c1-30-11-8-20-22(19-7-6-16(13-25)12-21(19)32)28-29-24(23(20)30)27-17-4-3-10-31(15-17)18-5-2-9-26-14-18/h2,5-9,11-12,14,17,32H,3-4,10,15H2,1H3,(H,27,29)/t17-/m1/s1. The zero-order chi connectivity index (χ0) is 22.1. The monoisotopic (exact) mass is 425 g/mol. The number of benzene rings is 1. The minimum atomic E-state index is 0.0172. The molecule has 0 amide bonds. The third-order valence-corrected chi connectivity index (χ3v) is 5.96. The lowest BCUT2D eigenvalue weighted by atomic mass is 10.0. The second kappa shape index (κ2) is 8.19. The summed E-state index contributed by atoms with van der Waals surface area (Å²) in [6, 6.07) is 13.1. The Bertz CT molecular complexity index is 1310. The molecule has 0 radical (unpaired) electrons. The van der Waals surface area contributed by atoms with E-state index in [9.17, 15) is 5.11 Å². The Morgan fingerprint density at radius 1 is 1.22 bits per heavy atom. The van der Waals surface area contributed by atoms with Crippen molar-refractivity contribution in [1.29, 1.82) is 5.26 Å². The van der Waals surface area contributed by atoms with Crippen LogP contribution in [0.1, 0.15) is 18.4 Å². The van der Waals surface area contributed by atoms with Crippen molar-refractivity contribution in [3.05, 3.63) is 60.6 Å². The number of aromatic hydroxyl groups is 1. The maximum Gasteiger partial charge on any atom is 0.173 e. The molecule has 4 heterocycles. The maximum atomic E-state index is 10.5. The van der Waals surface area contributed by atoms with Gasteiger partial charge in [-0.1, -0.05) is 0 Å². The number of nitrogens with one attached hydrogen (secondary N) is 1. The maximum absolute atomic E-state index is 10.5. The highest BCUT2D eigenvalue weighted by atomic mass is 16.3. The van der Waals surface area contributed by atoms with Crippen molar-refractivity contribution in [1.82, 2.24) is 19.7 Å². The Balaban J connectivity index is 1.47. The number of nitrogens with zero attached hydrogens (tertiary/aromatic N) is 6. The van der Waals surface area contributed by atoms with Gasteiger partial charge >= 0.3 is 0 Å². The van der Waals surface area contributed by atoms with Crippen LogP contribution in [0.3, 0.4) is 0 Å². The zero-order valence-corrected chi connectivity index (χ0v) is 17.7. The third-order valence-electron chi connectivity index (χ3n) is 5.96. The van der Waals surface area contributed by atoms with Crippen molar-refractivity contribution in [3.63, 3.8) is 0 Å². The predicted molar refractivity (Wildman–Crippen MR) is 123 cm³/mol. The fraction of sp³-hybridized carbons (Fsp3) is 0.250. The quantitative estimate of drug-likeness (QED) is 0.514. The van der Waals surface area contributed by atoms with E-state index in [1.54, 1.807) is 18.3 Å². The smallest absolute Gasteiger partial charge is 0.173 e. The minimum absolute atomic E-state index is 0.0172. The summed E-state index contributed by atoms with van der Waals surface area (Å²) in [5, 5.41) is 33.0. The summed E-state index contributed by atoms with van der Waals surface area (Å²) in [5.74, 6) is 0.742. The fourth-order valence-electron chi connectivity index (χ4n) is 4.38. The molecule has 1 saturated heterocycles. The number of aryl methyl sites for hydroxylation is 1. The third kappa shape index (κ3) is 3.58. The van der Waals surface area contributed by atoms with E-state index >= 15 is 0 Å². The molecule has 8 nitrogen and oxygen atoms in total. The molecule has 1 aliphatic rings. The zero-order valence-electron chi connectivity index (χ0n) is 17.7. The summed E-state index contributed by atoms with van der Waals surface area (Å²) in [7, 11) is 1.97. The van der Waals surface area contributed by atoms with Crippen molar-refractivity contribution < 1.29 is 5.11 Å². The van der Waals surface area contributed by atoms with Crippen molar-refractivity contribution in [2.24, 2.45) is 7.05 Å². The lowest BCUT2D eigenvalue weighted by molar-refractivity contribution is 0.477. The van der Waals surface area contributed by atoms with Crippen molar-refractivity contribution >= 4 is 22.4 Å². The van der Waals surface area contributed by atoms with Crippen molar-refractivity contribution in [2.75, 3.05) is 23.3 Å². The molecular weight excluding hydrogens is 402 g/mol. The number of rotatable bonds is 4. The first-order valence-corrected chi connectivity index (χ1v) is 10.6. The molecule has 1 aliphatic heterocycles. The lowest BCUT2D eigenvalue weighted by Gasteiger charge is -2.34. The molecule has 3 aromatic heterocycles. The Morgan fingerprint density at radius 2 is 2.12 bits per heavy atom. The SMILES string of the molecule is Cn1ccc2c(-c3ccc(C#N)cc3O)nnc(N[C@@H]3CCCN(c4cccnc4)C3)c21. The predicted octanol–water partition coefficient (Wildman–Crippen LogP) is 3.69. The molecule has 0 unspecified atom stereocenters. The normalized spacial score (nSPS) is 16.1. The average molecular weight is 425 g/mol. The summed E-state index contributed by atoms with van der Waals surface area (Å²) in [5.41, 5.74) is 3.60. The van der Waals surface area contributed by atoms with E-state index < -0.39 is 0 Å². The summed E-state index contributed by atoms with van der Waals surface area (Å²) in [6.45, 7) is 1.86. The van der Waals surface area contributed by atoms with Gasteiger partial charge in [-0.25, -0.2) is 0 Å². The Labute approximate surface area is 185 Å². The summed E-state index contributed by atoms with van der Waals surface area (Å²) >= 11 is 0. The number of nitriles is 1. The highest BCUT2D eigenvalue weighted by Gasteiger charge is 2.23. The van der Waals surface area contributed by atoms with Gasteiger partial charge in [0.05, 0.1) is 29.0 Å². The molecule has 4 aromatic rings. The van der Waals surface area contributed by atoms with Crippen LogP contribution in [0.4, 0.5) is 11.5 Å². The molecule has 1 fully saturated rings. The summed E-state index contributed by atoms with van der Waals surface area (Å²) in [6.07, 6.45) is 7.77. The molecule has 0 spiro atoms. The van der Waals surface area contributed by atoms with Gasteiger partial charge in [-0.15, -0.1) is 10.2 Å². The van der Waals surface area contributed by atoms with Gasteiger partial charge in [0.2, 0.25) is 0 Å². The lowest BCUT2D eigenvalue weighted by Crippen LogP contribution is -2.42. The van der Waals surface area contributed by atoms with Crippen LogP contribution in [0.15, 0.2) is 55.0 Å². The van der Waals surface area contributed by atoms with Gasteiger partial charge in [-0.05, 0) is 49.2 Å². The van der Waals surface area contributed by atoms with Gasteiger partial charge < -0.3 is 19.9 Å². The van der Waals surface area contributed by atoms with E-state index in [0.29, 0.717) is 16.8 Å². The van der Waals surface area contributed by atoms with E-state index in [1.165, 1.54) is 6.07 Å². The summed E-state index contributed by atoms with van der Waals surface area (Å²) in [4.78, 5) is 6.59. The number of fused-ring (bicyclic) bond motifs is 1. The number of piperidine rings is 1. The van der Waals surface area contributed by atoms with Crippen LogP contribution in [0.2, 0.25) is 0 Å². The number of phenolic OH excluding ortho intramolecular Hbond substituents is 1. The second-order valence-electron chi connectivity index (χ2n) is 8.07. The van der Waals surface area contributed by atoms with E-state index in [4.69, 9.17) is 5.26 Å². The van der Waals surface area contributed by atoms with Crippen LogP contribution in [0.25, 0.3) is 22.2 Å². The summed E-state index contributed by atoms with van der Waals surface area (Å²) < 4.78 is 2.01. The van der Waals surface area contributed by atoms with Gasteiger partial charge in [0.1, 0.15) is 11.4 Å². The van der Waals surface area contributed by atoms with Gasteiger partial charge in [0.15, 0.2) is 5.82 Å². The van der Waals surface area contributed by atoms with Crippen molar-refractivity contribution in [3.8, 4) is 23.1 Å². The van der Waals surface area contributed by atoms with Gasteiger partial charge in [-0.3, -0.25) is 4.98 Å². The molecule has 8 heteroatoms. The molecule has 1 aromatic carbocycles. The van der Waals surface area contributed by atoms with Crippen LogP contribution in [-0.2, 0) is 7.05 Å². The first-order chi connectivity index (χ1) is 15.6. The van der Waals surface area contributed by atoms with E-state index in [-0.39, 0.29) is 11.8 Å². The largest absolute Gasteiger partial charge is 0.507 e. The molecule has 32 heavy (non-hydrogen) atoms. The number of aromatic nitrogens is 4. The highest BCUT2D eigenvalue weighted by molar-refractivity contribution is 5.99. The average Bonchev–Trinajstić information content (AvgIpc) is 3.22. The van der Waals surface area contributed by atoms with Crippen LogP contribution < -0.4 is 10.2 Å². The Kier molecular flexibility index (Phi) is 5.07. The van der Waals surface area contributed by atoms with Crippen LogP contribution in [0.5, 0.6) is 5.75 Å².